The Morgan fingerprint density at radius 2 is 2.28 bits per heavy atom. The molecule has 0 saturated carbocycles. The predicted molar refractivity (Wildman–Crippen MR) is 67.0 cm³/mol. The molecular formula is C12H16N4O2. The summed E-state index contributed by atoms with van der Waals surface area (Å²) in [6, 6.07) is 1.83. The minimum absolute atomic E-state index is 0.295. The van der Waals surface area contributed by atoms with E-state index in [1.54, 1.807) is 12.4 Å². The van der Waals surface area contributed by atoms with Crippen LogP contribution in [0.3, 0.4) is 0 Å². The number of hydrogen-bond donors (Lipinski definition) is 2. The van der Waals surface area contributed by atoms with E-state index < -0.39 is 11.7 Å². The topological polar surface area (TPSA) is 79.9 Å². The SMILES string of the molecule is CC(C)(C)OC(=O)NCc1cnc2[nH]ccc2n1. The van der Waals surface area contributed by atoms with Gasteiger partial charge in [0, 0.05) is 6.20 Å². The summed E-state index contributed by atoms with van der Waals surface area (Å²) in [6.45, 7) is 5.75. The van der Waals surface area contributed by atoms with Crippen LogP contribution in [0.2, 0.25) is 0 Å². The highest BCUT2D eigenvalue weighted by Gasteiger charge is 2.15. The van der Waals surface area contributed by atoms with E-state index in [1.807, 2.05) is 26.8 Å². The van der Waals surface area contributed by atoms with Gasteiger partial charge in [0.25, 0.3) is 0 Å². The fourth-order valence-corrected chi connectivity index (χ4v) is 1.43. The lowest BCUT2D eigenvalue weighted by molar-refractivity contribution is 0.0523. The highest BCUT2D eigenvalue weighted by atomic mass is 16.6. The first-order chi connectivity index (χ1) is 8.44. The first kappa shape index (κ1) is 12.3. The van der Waals surface area contributed by atoms with Crippen LogP contribution in [-0.2, 0) is 11.3 Å². The average Bonchev–Trinajstić information content (AvgIpc) is 2.71. The molecule has 96 valence electrons. The van der Waals surface area contributed by atoms with E-state index in [0.29, 0.717) is 12.2 Å². The maximum Gasteiger partial charge on any atom is 0.407 e. The predicted octanol–water partition coefficient (Wildman–Crippen LogP) is 1.98. The van der Waals surface area contributed by atoms with E-state index in [0.717, 1.165) is 11.2 Å². The number of hydrogen-bond acceptors (Lipinski definition) is 4. The first-order valence-electron chi connectivity index (χ1n) is 5.70. The van der Waals surface area contributed by atoms with Crippen LogP contribution >= 0.6 is 0 Å². The van der Waals surface area contributed by atoms with E-state index in [-0.39, 0.29) is 0 Å². The Morgan fingerprint density at radius 3 is 3.00 bits per heavy atom. The summed E-state index contributed by atoms with van der Waals surface area (Å²) in [5, 5.41) is 2.64. The van der Waals surface area contributed by atoms with Crippen molar-refractivity contribution >= 4 is 17.3 Å². The van der Waals surface area contributed by atoms with Gasteiger partial charge < -0.3 is 15.0 Å². The summed E-state index contributed by atoms with van der Waals surface area (Å²) < 4.78 is 5.13. The lowest BCUT2D eigenvalue weighted by Crippen LogP contribution is -2.32. The van der Waals surface area contributed by atoms with Crippen molar-refractivity contribution in [2.75, 3.05) is 0 Å². The summed E-state index contributed by atoms with van der Waals surface area (Å²) in [4.78, 5) is 22.9. The van der Waals surface area contributed by atoms with E-state index >= 15 is 0 Å². The van der Waals surface area contributed by atoms with Crippen molar-refractivity contribution in [3.05, 3.63) is 24.2 Å². The van der Waals surface area contributed by atoms with E-state index in [1.165, 1.54) is 0 Å². The Bertz CT molecular complexity index is 556. The number of nitrogens with zero attached hydrogens (tertiary/aromatic N) is 2. The zero-order chi connectivity index (χ0) is 13.2. The Morgan fingerprint density at radius 1 is 1.50 bits per heavy atom. The summed E-state index contributed by atoms with van der Waals surface area (Å²) in [6.07, 6.45) is 2.94. The molecule has 0 aromatic carbocycles. The third-order valence-electron chi connectivity index (χ3n) is 2.12. The van der Waals surface area contributed by atoms with Crippen molar-refractivity contribution in [3.63, 3.8) is 0 Å². The molecule has 0 bridgehead atoms. The number of amides is 1. The lowest BCUT2D eigenvalue weighted by atomic mass is 10.2. The standard InChI is InChI=1S/C12H16N4O2/c1-12(2,3)18-11(17)15-7-8-6-14-10-9(16-8)4-5-13-10/h4-6H,7H2,1-3H3,(H,13,14)(H,15,17). The monoisotopic (exact) mass is 248 g/mol. The Balaban J connectivity index is 1.95. The summed E-state index contributed by atoms with van der Waals surface area (Å²) in [5.74, 6) is 0. The maximum atomic E-state index is 11.5. The molecule has 2 heterocycles. The molecule has 2 aromatic rings. The summed E-state index contributed by atoms with van der Waals surface area (Å²) >= 11 is 0. The minimum Gasteiger partial charge on any atom is -0.444 e. The molecule has 6 nitrogen and oxygen atoms in total. The number of carbonyl (C=O) groups is 1. The molecule has 0 atom stereocenters. The van der Waals surface area contributed by atoms with Crippen LogP contribution in [0.15, 0.2) is 18.5 Å². The number of ether oxygens (including phenoxy) is 1. The molecule has 0 aliphatic rings. The minimum atomic E-state index is -0.500. The van der Waals surface area contributed by atoms with Gasteiger partial charge in [0.15, 0.2) is 5.65 Å². The summed E-state index contributed by atoms with van der Waals surface area (Å²) in [5.41, 5.74) is 1.70. The molecule has 0 radical (unpaired) electrons. The quantitative estimate of drug-likeness (QED) is 0.851. The van der Waals surface area contributed by atoms with Gasteiger partial charge in [-0.1, -0.05) is 0 Å². The average molecular weight is 248 g/mol. The number of H-pyrrole nitrogens is 1. The van der Waals surface area contributed by atoms with Gasteiger partial charge in [0.05, 0.1) is 18.4 Å². The molecule has 0 aliphatic heterocycles. The molecule has 0 unspecified atom stereocenters. The second-order valence-corrected chi connectivity index (χ2v) is 4.93. The fraction of sp³-hybridized carbons (Fsp3) is 0.417. The molecule has 18 heavy (non-hydrogen) atoms. The number of alkyl carbamates (subject to hydrolysis) is 1. The Kier molecular flexibility index (Phi) is 3.18. The largest absolute Gasteiger partial charge is 0.444 e. The molecule has 0 spiro atoms. The van der Waals surface area contributed by atoms with Gasteiger partial charge in [-0.2, -0.15) is 0 Å². The number of aromatic nitrogens is 3. The van der Waals surface area contributed by atoms with Crippen LogP contribution in [0.25, 0.3) is 11.2 Å². The van der Waals surface area contributed by atoms with Gasteiger partial charge >= 0.3 is 6.09 Å². The van der Waals surface area contributed by atoms with Crippen LogP contribution in [0.5, 0.6) is 0 Å². The van der Waals surface area contributed by atoms with Crippen molar-refractivity contribution in [2.24, 2.45) is 0 Å². The normalized spacial score (nSPS) is 11.5. The van der Waals surface area contributed by atoms with Gasteiger partial charge in [-0.15, -0.1) is 0 Å². The smallest absolute Gasteiger partial charge is 0.407 e. The Hall–Kier alpha value is -2.11. The third-order valence-corrected chi connectivity index (χ3v) is 2.12. The molecule has 2 N–H and O–H groups in total. The van der Waals surface area contributed by atoms with Gasteiger partial charge in [0.1, 0.15) is 11.1 Å². The van der Waals surface area contributed by atoms with Gasteiger partial charge in [0.2, 0.25) is 0 Å². The fourth-order valence-electron chi connectivity index (χ4n) is 1.43. The number of rotatable bonds is 2. The molecular weight excluding hydrogens is 232 g/mol. The van der Waals surface area contributed by atoms with E-state index in [4.69, 9.17) is 4.74 Å². The third kappa shape index (κ3) is 3.19. The van der Waals surface area contributed by atoms with Gasteiger partial charge in [-0.25, -0.2) is 14.8 Å². The number of nitrogens with one attached hydrogen (secondary N) is 2. The Labute approximate surface area is 105 Å². The van der Waals surface area contributed by atoms with Gasteiger partial charge in [-0.05, 0) is 26.8 Å². The van der Waals surface area contributed by atoms with Crippen LogP contribution in [0.1, 0.15) is 26.5 Å². The zero-order valence-electron chi connectivity index (χ0n) is 10.7. The van der Waals surface area contributed by atoms with E-state index in [2.05, 4.69) is 20.3 Å². The van der Waals surface area contributed by atoms with Crippen LogP contribution in [0, 0.1) is 0 Å². The molecule has 2 rings (SSSR count). The van der Waals surface area contributed by atoms with Crippen molar-refractivity contribution in [3.8, 4) is 0 Å². The molecule has 1 amide bonds. The van der Waals surface area contributed by atoms with Crippen molar-refractivity contribution in [2.45, 2.75) is 32.9 Å². The number of fused-ring (bicyclic) bond motifs is 1. The van der Waals surface area contributed by atoms with Crippen LogP contribution < -0.4 is 5.32 Å². The van der Waals surface area contributed by atoms with Gasteiger partial charge in [-0.3, -0.25) is 0 Å². The lowest BCUT2D eigenvalue weighted by Gasteiger charge is -2.19. The van der Waals surface area contributed by atoms with Crippen molar-refractivity contribution in [1.29, 1.82) is 0 Å². The zero-order valence-corrected chi connectivity index (χ0v) is 10.7. The highest BCUT2D eigenvalue weighted by molar-refractivity contribution is 5.70. The van der Waals surface area contributed by atoms with Crippen molar-refractivity contribution in [1.82, 2.24) is 20.3 Å². The van der Waals surface area contributed by atoms with Crippen LogP contribution in [0.4, 0.5) is 4.79 Å². The highest BCUT2D eigenvalue weighted by Crippen LogP contribution is 2.08. The number of aromatic amines is 1. The summed E-state index contributed by atoms with van der Waals surface area (Å²) in [7, 11) is 0. The molecule has 0 aliphatic carbocycles. The van der Waals surface area contributed by atoms with E-state index in [9.17, 15) is 4.79 Å². The number of carbonyl (C=O) groups excluding carboxylic acids is 1. The second kappa shape index (κ2) is 4.64. The maximum absolute atomic E-state index is 11.5. The van der Waals surface area contributed by atoms with Crippen LogP contribution in [-0.4, -0.2) is 26.6 Å². The second-order valence-electron chi connectivity index (χ2n) is 4.93. The molecule has 2 aromatic heterocycles. The first-order valence-corrected chi connectivity index (χ1v) is 5.70. The van der Waals surface area contributed by atoms with Crippen molar-refractivity contribution < 1.29 is 9.53 Å². The molecule has 0 fully saturated rings. The molecule has 0 saturated heterocycles. The molecule has 6 heteroatoms.